The summed E-state index contributed by atoms with van der Waals surface area (Å²) in [5.41, 5.74) is 2.19. The second-order valence-electron chi connectivity index (χ2n) is 5.61. The Morgan fingerprint density at radius 1 is 1.12 bits per heavy atom. The number of ketones is 1. The number of nitrogens with one attached hydrogen (secondary N) is 2. The van der Waals surface area contributed by atoms with E-state index in [0.717, 1.165) is 5.56 Å². The molecule has 0 radical (unpaired) electrons. The number of sulfonamides is 1. The normalized spacial score (nSPS) is 13.8. The van der Waals surface area contributed by atoms with Crippen LogP contribution in [0.3, 0.4) is 0 Å². The van der Waals surface area contributed by atoms with Gasteiger partial charge in [-0.3, -0.25) is 14.3 Å². The van der Waals surface area contributed by atoms with Crippen molar-refractivity contribution in [3.63, 3.8) is 0 Å². The van der Waals surface area contributed by atoms with Gasteiger partial charge in [0, 0.05) is 23.4 Å². The van der Waals surface area contributed by atoms with Gasteiger partial charge < -0.3 is 5.32 Å². The molecule has 0 aliphatic carbocycles. The standard InChI is InChI=1S/C17H16N2O4S/c1-11(20)12-3-2-4-14(9-12)19-24(22,23)15-6-7-16-13(10-15)5-8-17(21)18-16/h2-4,6-7,9-10,19H,5,8H2,1H3,(H,18,21). The van der Waals surface area contributed by atoms with Crippen LogP contribution in [0.25, 0.3) is 0 Å². The summed E-state index contributed by atoms with van der Waals surface area (Å²) in [5, 5.41) is 2.72. The third-order valence-electron chi connectivity index (χ3n) is 3.80. The van der Waals surface area contributed by atoms with E-state index in [1.807, 2.05) is 0 Å². The van der Waals surface area contributed by atoms with Crippen LogP contribution in [0.4, 0.5) is 11.4 Å². The zero-order chi connectivity index (χ0) is 17.3. The molecule has 0 atom stereocenters. The highest BCUT2D eigenvalue weighted by atomic mass is 32.2. The molecular formula is C17H16N2O4S. The maximum Gasteiger partial charge on any atom is 0.261 e. The average Bonchev–Trinajstić information content (AvgIpc) is 2.54. The fourth-order valence-electron chi connectivity index (χ4n) is 2.54. The number of anilines is 2. The molecule has 0 saturated heterocycles. The lowest BCUT2D eigenvalue weighted by Gasteiger charge is -2.18. The topological polar surface area (TPSA) is 92.3 Å². The summed E-state index contributed by atoms with van der Waals surface area (Å²) in [6.45, 7) is 1.42. The Labute approximate surface area is 139 Å². The Balaban J connectivity index is 1.90. The second-order valence-corrected chi connectivity index (χ2v) is 7.29. The predicted octanol–water partition coefficient (Wildman–Crippen LogP) is 2.57. The minimum Gasteiger partial charge on any atom is -0.326 e. The molecule has 2 N–H and O–H groups in total. The van der Waals surface area contributed by atoms with Crippen LogP contribution >= 0.6 is 0 Å². The van der Waals surface area contributed by atoms with Gasteiger partial charge in [-0.1, -0.05) is 12.1 Å². The van der Waals surface area contributed by atoms with Crippen LogP contribution in [-0.2, 0) is 21.2 Å². The molecule has 0 spiro atoms. The van der Waals surface area contributed by atoms with E-state index >= 15 is 0 Å². The van der Waals surface area contributed by atoms with Gasteiger partial charge in [-0.05, 0) is 49.2 Å². The Bertz CT molecular complexity index is 935. The number of amides is 1. The molecule has 24 heavy (non-hydrogen) atoms. The van der Waals surface area contributed by atoms with Crippen LogP contribution in [0.15, 0.2) is 47.4 Å². The summed E-state index contributed by atoms with van der Waals surface area (Å²) in [4.78, 5) is 22.9. The molecule has 0 fully saturated rings. The number of carbonyl (C=O) groups is 2. The molecule has 7 heteroatoms. The van der Waals surface area contributed by atoms with Crippen molar-refractivity contribution >= 4 is 33.1 Å². The Kier molecular flexibility index (Phi) is 4.11. The van der Waals surface area contributed by atoms with Gasteiger partial charge in [-0.2, -0.15) is 0 Å². The predicted molar refractivity (Wildman–Crippen MR) is 90.6 cm³/mol. The van der Waals surface area contributed by atoms with Crippen molar-refractivity contribution in [2.75, 3.05) is 10.0 Å². The van der Waals surface area contributed by atoms with E-state index < -0.39 is 10.0 Å². The molecular weight excluding hydrogens is 328 g/mol. The molecule has 0 aromatic heterocycles. The lowest BCUT2D eigenvalue weighted by Crippen LogP contribution is -2.20. The lowest BCUT2D eigenvalue weighted by molar-refractivity contribution is -0.116. The molecule has 1 aliphatic heterocycles. The van der Waals surface area contributed by atoms with Gasteiger partial charge in [-0.15, -0.1) is 0 Å². The van der Waals surface area contributed by atoms with Gasteiger partial charge in [0.1, 0.15) is 0 Å². The summed E-state index contributed by atoms with van der Waals surface area (Å²) in [6, 6.07) is 10.9. The van der Waals surface area contributed by atoms with Crippen molar-refractivity contribution in [1.82, 2.24) is 0 Å². The van der Waals surface area contributed by atoms with Gasteiger partial charge >= 0.3 is 0 Å². The number of hydrogen-bond donors (Lipinski definition) is 2. The smallest absolute Gasteiger partial charge is 0.261 e. The lowest BCUT2D eigenvalue weighted by atomic mass is 10.0. The number of aryl methyl sites for hydroxylation is 1. The van der Waals surface area contributed by atoms with E-state index in [0.29, 0.717) is 29.8 Å². The van der Waals surface area contributed by atoms with E-state index in [-0.39, 0.29) is 16.6 Å². The first-order valence-corrected chi connectivity index (χ1v) is 8.90. The van der Waals surface area contributed by atoms with E-state index in [4.69, 9.17) is 0 Å². The Hall–Kier alpha value is -2.67. The molecule has 0 bridgehead atoms. The molecule has 6 nitrogen and oxygen atoms in total. The van der Waals surface area contributed by atoms with E-state index in [2.05, 4.69) is 10.0 Å². The number of Topliss-reactive ketones (excluding diaryl/α,β-unsaturated/α-hetero) is 1. The molecule has 3 rings (SSSR count). The summed E-state index contributed by atoms with van der Waals surface area (Å²) in [5.74, 6) is -0.210. The van der Waals surface area contributed by atoms with Crippen LogP contribution in [0.5, 0.6) is 0 Å². The molecule has 0 unspecified atom stereocenters. The van der Waals surface area contributed by atoms with Crippen molar-refractivity contribution < 1.29 is 18.0 Å². The number of rotatable bonds is 4. The Morgan fingerprint density at radius 3 is 2.67 bits per heavy atom. The number of hydrogen-bond acceptors (Lipinski definition) is 4. The molecule has 0 saturated carbocycles. The minimum absolute atomic E-state index is 0.0720. The number of fused-ring (bicyclic) bond motifs is 1. The summed E-state index contributed by atoms with van der Waals surface area (Å²) in [6.07, 6.45) is 0.842. The first kappa shape index (κ1) is 16.2. The third kappa shape index (κ3) is 3.30. The van der Waals surface area contributed by atoms with Crippen molar-refractivity contribution in [1.29, 1.82) is 0 Å². The van der Waals surface area contributed by atoms with Gasteiger partial charge in [0.05, 0.1) is 4.90 Å². The number of carbonyl (C=O) groups excluding carboxylic acids is 2. The van der Waals surface area contributed by atoms with Gasteiger partial charge in [0.25, 0.3) is 10.0 Å². The van der Waals surface area contributed by atoms with Crippen LogP contribution < -0.4 is 10.0 Å². The fourth-order valence-corrected chi connectivity index (χ4v) is 3.64. The van der Waals surface area contributed by atoms with E-state index in [1.54, 1.807) is 30.3 Å². The highest BCUT2D eigenvalue weighted by Gasteiger charge is 2.20. The van der Waals surface area contributed by atoms with Crippen LogP contribution in [0, 0.1) is 0 Å². The highest BCUT2D eigenvalue weighted by molar-refractivity contribution is 7.92. The third-order valence-corrected chi connectivity index (χ3v) is 5.18. The van der Waals surface area contributed by atoms with Crippen molar-refractivity contribution in [3.05, 3.63) is 53.6 Å². The molecule has 2 aromatic rings. The van der Waals surface area contributed by atoms with Gasteiger partial charge in [0.2, 0.25) is 5.91 Å². The maximum absolute atomic E-state index is 12.5. The first-order valence-electron chi connectivity index (χ1n) is 7.42. The summed E-state index contributed by atoms with van der Waals surface area (Å²) in [7, 11) is -3.78. The average molecular weight is 344 g/mol. The summed E-state index contributed by atoms with van der Waals surface area (Å²) >= 11 is 0. The highest BCUT2D eigenvalue weighted by Crippen LogP contribution is 2.26. The van der Waals surface area contributed by atoms with Crippen LogP contribution in [-0.4, -0.2) is 20.1 Å². The molecule has 1 aliphatic rings. The second kappa shape index (κ2) is 6.09. The first-order chi connectivity index (χ1) is 11.3. The maximum atomic E-state index is 12.5. The zero-order valence-corrected chi connectivity index (χ0v) is 13.8. The SMILES string of the molecule is CC(=O)c1cccc(NS(=O)(=O)c2ccc3c(c2)CCC(=O)N3)c1. The van der Waals surface area contributed by atoms with Crippen molar-refractivity contribution in [2.24, 2.45) is 0 Å². The Morgan fingerprint density at radius 2 is 1.92 bits per heavy atom. The minimum atomic E-state index is -3.78. The van der Waals surface area contributed by atoms with E-state index in [9.17, 15) is 18.0 Å². The van der Waals surface area contributed by atoms with Gasteiger partial charge in [-0.25, -0.2) is 8.42 Å². The quantitative estimate of drug-likeness (QED) is 0.834. The molecule has 2 aromatic carbocycles. The number of benzene rings is 2. The molecule has 124 valence electrons. The van der Waals surface area contributed by atoms with Crippen LogP contribution in [0.2, 0.25) is 0 Å². The van der Waals surface area contributed by atoms with Gasteiger partial charge in [0.15, 0.2) is 5.78 Å². The summed E-state index contributed by atoms with van der Waals surface area (Å²) < 4.78 is 27.6. The molecule has 1 amide bonds. The van der Waals surface area contributed by atoms with Crippen LogP contribution in [0.1, 0.15) is 29.3 Å². The monoisotopic (exact) mass is 344 g/mol. The zero-order valence-electron chi connectivity index (χ0n) is 13.0. The fraction of sp³-hybridized carbons (Fsp3) is 0.176. The largest absolute Gasteiger partial charge is 0.326 e. The van der Waals surface area contributed by atoms with Crippen molar-refractivity contribution in [2.45, 2.75) is 24.7 Å². The van der Waals surface area contributed by atoms with Crippen molar-refractivity contribution in [3.8, 4) is 0 Å². The van der Waals surface area contributed by atoms with E-state index in [1.165, 1.54) is 19.1 Å². The molecule has 1 heterocycles.